The molecule has 0 bridgehead atoms. The van der Waals surface area contributed by atoms with E-state index in [4.69, 9.17) is 0 Å². The highest BCUT2D eigenvalue weighted by molar-refractivity contribution is 5.95. The van der Waals surface area contributed by atoms with Gasteiger partial charge in [0, 0.05) is 5.92 Å². The summed E-state index contributed by atoms with van der Waals surface area (Å²) in [5, 5.41) is 2.72. The van der Waals surface area contributed by atoms with Crippen molar-refractivity contribution >= 4 is 11.6 Å². The highest BCUT2D eigenvalue weighted by atomic mass is 19.1. The SMILES string of the molecule is O=C(Nc1ccccc1F)[C@@H]1[C@@H]2C=CCCCC[C@H]21. The fraction of sp³-hybridized carbons (Fsp3) is 0.438. The monoisotopic (exact) mass is 259 g/mol. The van der Waals surface area contributed by atoms with Gasteiger partial charge in [-0.3, -0.25) is 4.79 Å². The Bertz CT molecular complexity index is 511. The quantitative estimate of drug-likeness (QED) is 0.805. The van der Waals surface area contributed by atoms with Crippen molar-refractivity contribution in [3.8, 4) is 0 Å². The molecule has 0 saturated heterocycles. The number of allylic oxidation sites excluding steroid dienone is 2. The van der Waals surface area contributed by atoms with Crippen molar-refractivity contribution in [3.05, 3.63) is 42.2 Å². The van der Waals surface area contributed by atoms with Gasteiger partial charge in [-0.05, 0) is 43.2 Å². The summed E-state index contributed by atoms with van der Waals surface area (Å²) in [6, 6.07) is 6.33. The molecule has 1 saturated carbocycles. The minimum atomic E-state index is -0.371. The standard InChI is InChI=1S/C16H18FNO/c17-13-9-5-6-10-14(13)18-16(19)15-11-7-3-1-2-4-8-12(11)15/h3,5-7,9-12,15H,1-2,4,8H2,(H,18,19)/t11-,12-,15-/m1/s1. The van der Waals surface area contributed by atoms with Gasteiger partial charge < -0.3 is 5.32 Å². The molecule has 2 aliphatic rings. The lowest BCUT2D eigenvalue weighted by atomic mass is 10.1. The van der Waals surface area contributed by atoms with E-state index >= 15 is 0 Å². The molecule has 3 heteroatoms. The summed E-state index contributed by atoms with van der Waals surface area (Å²) in [7, 11) is 0. The zero-order chi connectivity index (χ0) is 13.2. The van der Waals surface area contributed by atoms with Crippen molar-refractivity contribution in [2.24, 2.45) is 17.8 Å². The predicted molar refractivity (Wildman–Crippen MR) is 73.1 cm³/mol. The molecule has 1 aromatic rings. The lowest BCUT2D eigenvalue weighted by Crippen LogP contribution is -2.16. The van der Waals surface area contributed by atoms with E-state index in [1.165, 1.54) is 18.9 Å². The van der Waals surface area contributed by atoms with Crippen LogP contribution >= 0.6 is 0 Å². The van der Waals surface area contributed by atoms with E-state index in [0.29, 0.717) is 11.8 Å². The van der Waals surface area contributed by atoms with Crippen molar-refractivity contribution in [1.82, 2.24) is 0 Å². The number of fused-ring (bicyclic) bond motifs is 1. The summed E-state index contributed by atoms with van der Waals surface area (Å²) < 4.78 is 13.5. The second-order valence-electron chi connectivity index (χ2n) is 5.45. The van der Waals surface area contributed by atoms with E-state index in [-0.39, 0.29) is 23.3 Å². The van der Waals surface area contributed by atoms with Gasteiger partial charge in [-0.1, -0.05) is 30.7 Å². The smallest absolute Gasteiger partial charge is 0.228 e. The molecule has 1 amide bonds. The van der Waals surface area contributed by atoms with Crippen LogP contribution in [0.3, 0.4) is 0 Å². The first-order valence-corrected chi connectivity index (χ1v) is 6.99. The maximum absolute atomic E-state index is 13.5. The third-order valence-electron chi connectivity index (χ3n) is 4.18. The van der Waals surface area contributed by atoms with Gasteiger partial charge in [-0.25, -0.2) is 4.39 Å². The lowest BCUT2D eigenvalue weighted by molar-refractivity contribution is -0.117. The molecule has 0 heterocycles. The number of amides is 1. The van der Waals surface area contributed by atoms with E-state index in [1.807, 2.05) is 0 Å². The summed E-state index contributed by atoms with van der Waals surface area (Å²) in [5.74, 6) is 0.459. The number of hydrogen-bond donors (Lipinski definition) is 1. The molecule has 0 unspecified atom stereocenters. The Balaban J connectivity index is 1.67. The van der Waals surface area contributed by atoms with Crippen LogP contribution in [0, 0.1) is 23.6 Å². The van der Waals surface area contributed by atoms with Gasteiger partial charge in [0.2, 0.25) is 5.91 Å². The molecule has 2 nitrogen and oxygen atoms in total. The van der Waals surface area contributed by atoms with Crippen molar-refractivity contribution in [3.63, 3.8) is 0 Å². The number of halogens is 1. The molecular formula is C16H18FNO. The zero-order valence-electron chi connectivity index (χ0n) is 10.8. The van der Waals surface area contributed by atoms with Crippen LogP contribution in [0.25, 0.3) is 0 Å². The Morgan fingerprint density at radius 1 is 1.26 bits per heavy atom. The first-order chi connectivity index (χ1) is 9.27. The van der Waals surface area contributed by atoms with Crippen LogP contribution in [0.5, 0.6) is 0 Å². The fourth-order valence-corrected chi connectivity index (χ4v) is 3.08. The van der Waals surface area contributed by atoms with E-state index in [0.717, 1.165) is 12.8 Å². The van der Waals surface area contributed by atoms with Crippen molar-refractivity contribution < 1.29 is 9.18 Å². The van der Waals surface area contributed by atoms with Crippen molar-refractivity contribution in [2.75, 3.05) is 5.32 Å². The van der Waals surface area contributed by atoms with Crippen LogP contribution in [0.2, 0.25) is 0 Å². The number of nitrogens with one attached hydrogen (secondary N) is 1. The van der Waals surface area contributed by atoms with Crippen molar-refractivity contribution in [2.45, 2.75) is 25.7 Å². The zero-order valence-corrected chi connectivity index (χ0v) is 10.8. The number of hydrogen-bond acceptors (Lipinski definition) is 1. The molecule has 2 aliphatic carbocycles. The number of carbonyl (C=O) groups excluding carboxylic acids is 1. The Labute approximate surface area is 112 Å². The third-order valence-corrected chi connectivity index (χ3v) is 4.18. The summed E-state index contributed by atoms with van der Waals surface area (Å²) in [4.78, 5) is 12.2. The van der Waals surface area contributed by atoms with E-state index in [1.54, 1.807) is 18.2 Å². The molecule has 0 aromatic heterocycles. The number of carbonyl (C=O) groups is 1. The molecule has 1 N–H and O–H groups in total. The first-order valence-electron chi connectivity index (χ1n) is 6.99. The topological polar surface area (TPSA) is 29.1 Å². The minimum absolute atomic E-state index is 0.0355. The molecule has 3 rings (SSSR count). The molecule has 1 aromatic carbocycles. The van der Waals surface area contributed by atoms with Crippen LogP contribution in [-0.2, 0) is 4.79 Å². The van der Waals surface area contributed by atoms with E-state index < -0.39 is 0 Å². The van der Waals surface area contributed by atoms with Gasteiger partial charge in [0.15, 0.2) is 0 Å². The molecule has 19 heavy (non-hydrogen) atoms. The second-order valence-corrected chi connectivity index (χ2v) is 5.45. The van der Waals surface area contributed by atoms with Gasteiger partial charge in [-0.2, -0.15) is 0 Å². The Hall–Kier alpha value is -1.64. The fourth-order valence-electron chi connectivity index (χ4n) is 3.08. The highest BCUT2D eigenvalue weighted by Crippen LogP contribution is 2.51. The number of anilines is 1. The molecule has 0 aliphatic heterocycles. The predicted octanol–water partition coefficient (Wildman–Crippen LogP) is 3.76. The van der Waals surface area contributed by atoms with E-state index in [9.17, 15) is 9.18 Å². The van der Waals surface area contributed by atoms with Crippen LogP contribution in [0.4, 0.5) is 10.1 Å². The molecule has 0 spiro atoms. The lowest BCUT2D eigenvalue weighted by Gasteiger charge is -2.05. The number of para-hydroxylation sites is 1. The largest absolute Gasteiger partial charge is 0.323 e. The van der Waals surface area contributed by atoms with Crippen molar-refractivity contribution in [1.29, 1.82) is 0 Å². The molecular weight excluding hydrogens is 241 g/mol. The Kier molecular flexibility index (Phi) is 3.36. The first kappa shape index (κ1) is 12.4. The van der Waals surface area contributed by atoms with Crippen LogP contribution in [-0.4, -0.2) is 5.91 Å². The molecule has 3 atom stereocenters. The maximum Gasteiger partial charge on any atom is 0.228 e. The number of rotatable bonds is 2. The van der Waals surface area contributed by atoms with Gasteiger partial charge in [0.05, 0.1) is 5.69 Å². The van der Waals surface area contributed by atoms with E-state index in [2.05, 4.69) is 17.5 Å². The highest BCUT2D eigenvalue weighted by Gasteiger charge is 2.52. The summed E-state index contributed by atoms with van der Waals surface area (Å²) in [5.41, 5.74) is 0.288. The van der Waals surface area contributed by atoms with Crippen LogP contribution < -0.4 is 5.32 Å². The average molecular weight is 259 g/mol. The average Bonchev–Trinajstić information content (AvgIpc) is 3.03. The Morgan fingerprint density at radius 3 is 2.95 bits per heavy atom. The molecule has 1 fully saturated rings. The Morgan fingerprint density at radius 2 is 2.11 bits per heavy atom. The summed E-state index contributed by atoms with van der Waals surface area (Å²) in [6.45, 7) is 0. The summed E-state index contributed by atoms with van der Waals surface area (Å²) >= 11 is 0. The number of benzene rings is 1. The summed E-state index contributed by atoms with van der Waals surface area (Å²) in [6.07, 6.45) is 8.99. The van der Waals surface area contributed by atoms with Gasteiger partial charge >= 0.3 is 0 Å². The molecule has 0 radical (unpaired) electrons. The van der Waals surface area contributed by atoms with Gasteiger partial charge in [0.1, 0.15) is 5.82 Å². The van der Waals surface area contributed by atoms with Crippen LogP contribution in [0.1, 0.15) is 25.7 Å². The maximum atomic E-state index is 13.5. The second kappa shape index (κ2) is 5.16. The van der Waals surface area contributed by atoms with Gasteiger partial charge in [0.25, 0.3) is 0 Å². The normalized spacial score (nSPS) is 29.0. The van der Waals surface area contributed by atoms with Gasteiger partial charge in [-0.15, -0.1) is 0 Å². The molecule has 100 valence electrons. The third kappa shape index (κ3) is 2.55. The van der Waals surface area contributed by atoms with Crippen LogP contribution in [0.15, 0.2) is 36.4 Å². The minimum Gasteiger partial charge on any atom is -0.323 e.